The van der Waals surface area contributed by atoms with Crippen LogP contribution in [0.4, 0.5) is 0 Å². The first-order chi connectivity index (χ1) is 8.57. The van der Waals surface area contributed by atoms with E-state index in [0.29, 0.717) is 0 Å². The second kappa shape index (κ2) is 7.78. The highest BCUT2D eigenvalue weighted by molar-refractivity contribution is 6.31. The molecule has 1 aromatic rings. The van der Waals surface area contributed by atoms with Crippen LogP contribution in [-0.2, 0) is 0 Å². The van der Waals surface area contributed by atoms with Crippen molar-refractivity contribution in [3.05, 3.63) is 34.9 Å². The van der Waals surface area contributed by atoms with Crippen molar-refractivity contribution in [1.82, 2.24) is 4.90 Å². The first kappa shape index (κ1) is 15.5. The zero-order valence-electron chi connectivity index (χ0n) is 11.7. The van der Waals surface area contributed by atoms with Gasteiger partial charge in [-0.2, -0.15) is 0 Å². The number of halogens is 1. The Hall–Kier alpha value is -0.570. The number of nitrogens with two attached hydrogens (primary N) is 1. The zero-order valence-corrected chi connectivity index (χ0v) is 12.5. The van der Waals surface area contributed by atoms with Crippen LogP contribution in [0.25, 0.3) is 0 Å². The molecule has 0 aliphatic rings. The molecule has 0 saturated heterocycles. The molecule has 0 saturated carbocycles. The van der Waals surface area contributed by atoms with Crippen molar-refractivity contribution in [2.75, 3.05) is 13.6 Å². The van der Waals surface area contributed by atoms with E-state index in [0.717, 1.165) is 17.1 Å². The Balaban J connectivity index is 2.79. The van der Waals surface area contributed by atoms with Crippen LogP contribution in [0.3, 0.4) is 0 Å². The summed E-state index contributed by atoms with van der Waals surface area (Å²) in [5.41, 5.74) is 7.27. The SMILES string of the molecule is CCCCCN(C)C(c1ccccc1Cl)C(C)N. The lowest BCUT2D eigenvalue weighted by Crippen LogP contribution is -2.38. The Morgan fingerprint density at radius 1 is 1.28 bits per heavy atom. The van der Waals surface area contributed by atoms with Crippen molar-refractivity contribution >= 4 is 11.6 Å². The number of benzene rings is 1. The Kier molecular flexibility index (Phi) is 6.69. The molecular weight excluding hydrogens is 244 g/mol. The van der Waals surface area contributed by atoms with Gasteiger partial charge in [-0.25, -0.2) is 0 Å². The molecule has 0 radical (unpaired) electrons. The van der Waals surface area contributed by atoms with E-state index in [1.165, 1.54) is 19.3 Å². The minimum Gasteiger partial charge on any atom is -0.326 e. The second-order valence-corrected chi connectivity index (χ2v) is 5.42. The summed E-state index contributed by atoms with van der Waals surface area (Å²) >= 11 is 6.29. The van der Waals surface area contributed by atoms with Gasteiger partial charge in [0.2, 0.25) is 0 Å². The second-order valence-electron chi connectivity index (χ2n) is 5.01. The van der Waals surface area contributed by atoms with Crippen molar-refractivity contribution < 1.29 is 0 Å². The number of hydrogen-bond donors (Lipinski definition) is 1. The molecule has 1 aromatic carbocycles. The van der Waals surface area contributed by atoms with E-state index in [1.807, 2.05) is 25.1 Å². The van der Waals surface area contributed by atoms with Gasteiger partial charge in [0.1, 0.15) is 0 Å². The maximum Gasteiger partial charge on any atom is 0.0508 e. The molecule has 0 spiro atoms. The van der Waals surface area contributed by atoms with Gasteiger partial charge >= 0.3 is 0 Å². The minimum absolute atomic E-state index is 0.0662. The summed E-state index contributed by atoms with van der Waals surface area (Å²) in [6.45, 7) is 5.33. The van der Waals surface area contributed by atoms with Gasteiger partial charge in [-0.05, 0) is 38.6 Å². The van der Waals surface area contributed by atoms with E-state index in [-0.39, 0.29) is 12.1 Å². The van der Waals surface area contributed by atoms with Gasteiger partial charge in [0.15, 0.2) is 0 Å². The summed E-state index contributed by atoms with van der Waals surface area (Å²) in [5.74, 6) is 0. The first-order valence-corrected chi connectivity index (χ1v) is 7.16. The predicted molar refractivity (Wildman–Crippen MR) is 80.0 cm³/mol. The molecule has 1 rings (SSSR count). The van der Waals surface area contributed by atoms with Crippen molar-refractivity contribution in [1.29, 1.82) is 0 Å². The Bertz CT molecular complexity index is 352. The van der Waals surface area contributed by atoms with Crippen LogP contribution in [0.1, 0.15) is 44.7 Å². The van der Waals surface area contributed by atoms with Crippen LogP contribution in [-0.4, -0.2) is 24.5 Å². The standard InChI is InChI=1S/C15H25ClN2/c1-4-5-8-11-18(3)15(12(2)17)13-9-6-7-10-14(13)16/h6-7,9-10,12,15H,4-5,8,11,17H2,1-3H3. The molecule has 2 N–H and O–H groups in total. The van der Waals surface area contributed by atoms with E-state index < -0.39 is 0 Å². The molecule has 3 heteroatoms. The summed E-state index contributed by atoms with van der Waals surface area (Å²) < 4.78 is 0. The third kappa shape index (κ3) is 4.27. The zero-order chi connectivity index (χ0) is 13.5. The summed E-state index contributed by atoms with van der Waals surface area (Å²) in [4.78, 5) is 2.32. The van der Waals surface area contributed by atoms with E-state index in [2.05, 4.69) is 24.9 Å². The average molecular weight is 269 g/mol. The minimum atomic E-state index is 0.0662. The normalized spacial score (nSPS) is 14.8. The fraction of sp³-hybridized carbons (Fsp3) is 0.600. The smallest absolute Gasteiger partial charge is 0.0508 e. The third-order valence-corrected chi connectivity index (χ3v) is 3.66. The molecule has 102 valence electrons. The molecule has 0 fully saturated rings. The van der Waals surface area contributed by atoms with Crippen molar-refractivity contribution in [2.24, 2.45) is 5.73 Å². The van der Waals surface area contributed by atoms with Crippen LogP contribution < -0.4 is 5.73 Å². The predicted octanol–water partition coefficient (Wildman–Crippen LogP) is 3.85. The molecule has 18 heavy (non-hydrogen) atoms. The average Bonchev–Trinajstić information content (AvgIpc) is 2.32. The van der Waals surface area contributed by atoms with E-state index in [1.54, 1.807) is 0 Å². The highest BCUT2D eigenvalue weighted by Crippen LogP contribution is 2.28. The molecular formula is C15H25ClN2. The Morgan fingerprint density at radius 3 is 2.50 bits per heavy atom. The first-order valence-electron chi connectivity index (χ1n) is 6.78. The number of hydrogen-bond acceptors (Lipinski definition) is 2. The Morgan fingerprint density at radius 2 is 1.94 bits per heavy atom. The molecule has 0 bridgehead atoms. The Labute approximate surface area is 116 Å². The third-order valence-electron chi connectivity index (χ3n) is 3.31. The molecule has 2 atom stereocenters. The molecule has 0 aliphatic heterocycles. The molecule has 2 unspecified atom stereocenters. The largest absolute Gasteiger partial charge is 0.326 e. The molecule has 0 aromatic heterocycles. The maximum absolute atomic E-state index is 6.29. The van der Waals surface area contributed by atoms with E-state index in [9.17, 15) is 0 Å². The van der Waals surface area contributed by atoms with Crippen LogP contribution in [0.15, 0.2) is 24.3 Å². The topological polar surface area (TPSA) is 29.3 Å². The van der Waals surface area contributed by atoms with Gasteiger partial charge in [-0.1, -0.05) is 49.6 Å². The van der Waals surface area contributed by atoms with Gasteiger partial charge in [0.05, 0.1) is 6.04 Å². The van der Waals surface area contributed by atoms with Gasteiger partial charge in [-0.3, -0.25) is 4.90 Å². The van der Waals surface area contributed by atoms with Gasteiger partial charge in [0.25, 0.3) is 0 Å². The van der Waals surface area contributed by atoms with Gasteiger partial charge in [-0.15, -0.1) is 0 Å². The molecule has 0 aliphatic carbocycles. The van der Waals surface area contributed by atoms with E-state index >= 15 is 0 Å². The molecule has 0 heterocycles. The monoisotopic (exact) mass is 268 g/mol. The molecule has 0 amide bonds. The lowest BCUT2D eigenvalue weighted by Gasteiger charge is -2.32. The van der Waals surface area contributed by atoms with Crippen molar-refractivity contribution in [3.63, 3.8) is 0 Å². The lowest BCUT2D eigenvalue weighted by molar-refractivity contribution is 0.215. The van der Waals surface area contributed by atoms with E-state index in [4.69, 9.17) is 17.3 Å². The van der Waals surface area contributed by atoms with Crippen molar-refractivity contribution in [3.8, 4) is 0 Å². The highest BCUT2D eigenvalue weighted by atomic mass is 35.5. The van der Waals surface area contributed by atoms with Crippen LogP contribution in [0.2, 0.25) is 5.02 Å². The summed E-state index contributed by atoms with van der Waals surface area (Å²) in [5, 5.41) is 0.808. The van der Waals surface area contributed by atoms with Gasteiger partial charge in [0, 0.05) is 11.1 Å². The number of nitrogens with zero attached hydrogens (tertiary/aromatic N) is 1. The summed E-state index contributed by atoms with van der Waals surface area (Å²) in [6.07, 6.45) is 3.71. The fourth-order valence-electron chi connectivity index (χ4n) is 2.39. The lowest BCUT2D eigenvalue weighted by atomic mass is 9.99. The summed E-state index contributed by atoms with van der Waals surface area (Å²) in [6, 6.07) is 8.25. The van der Waals surface area contributed by atoms with Crippen LogP contribution >= 0.6 is 11.6 Å². The maximum atomic E-state index is 6.29. The summed E-state index contributed by atoms with van der Waals surface area (Å²) in [7, 11) is 2.13. The highest BCUT2D eigenvalue weighted by Gasteiger charge is 2.22. The molecule has 2 nitrogen and oxygen atoms in total. The van der Waals surface area contributed by atoms with Crippen molar-refractivity contribution in [2.45, 2.75) is 45.2 Å². The van der Waals surface area contributed by atoms with Crippen LogP contribution in [0.5, 0.6) is 0 Å². The number of rotatable bonds is 7. The fourth-order valence-corrected chi connectivity index (χ4v) is 2.63. The number of unbranched alkanes of at least 4 members (excludes halogenated alkanes) is 2. The number of likely N-dealkylation sites (N-methyl/N-ethyl adjacent to an activating group) is 1. The van der Waals surface area contributed by atoms with Gasteiger partial charge < -0.3 is 5.73 Å². The van der Waals surface area contributed by atoms with Crippen LogP contribution in [0, 0.1) is 0 Å². The quantitative estimate of drug-likeness (QED) is 0.761.